The van der Waals surface area contributed by atoms with Gasteiger partial charge in [0.05, 0.1) is 17.0 Å². The van der Waals surface area contributed by atoms with Crippen LogP contribution >= 0.6 is 15.9 Å². The van der Waals surface area contributed by atoms with Gasteiger partial charge in [0.15, 0.2) is 0 Å². The lowest BCUT2D eigenvalue weighted by Gasteiger charge is -2.20. The van der Waals surface area contributed by atoms with Crippen molar-refractivity contribution in [1.29, 1.82) is 0 Å². The third-order valence-corrected chi connectivity index (χ3v) is 3.15. The van der Waals surface area contributed by atoms with Crippen LogP contribution in [-0.2, 0) is 0 Å². The average Bonchev–Trinajstić information content (AvgIpc) is 2.38. The Morgan fingerprint density at radius 3 is 2.79 bits per heavy atom. The van der Waals surface area contributed by atoms with Gasteiger partial charge < -0.3 is 4.90 Å². The predicted octanol–water partition coefficient (Wildman–Crippen LogP) is 2.84. The molecule has 0 saturated carbocycles. The fourth-order valence-electron chi connectivity index (χ4n) is 1.59. The molecular formula is C13H13BrN2O3. The maximum Gasteiger partial charge on any atom is 0.270 e. The standard InChI is InChI=1S/C13H13BrN2O3/c1-3-7-15(8-4-2)13(17)11-9-10(16(18)19)5-6-12(11)14/h1,5-6,9H,4,7-8H2,2H3. The Hall–Kier alpha value is -1.87. The number of non-ortho nitro benzene ring substituents is 1. The van der Waals surface area contributed by atoms with E-state index in [4.69, 9.17) is 6.42 Å². The lowest BCUT2D eigenvalue weighted by atomic mass is 10.1. The van der Waals surface area contributed by atoms with Gasteiger partial charge in [0.1, 0.15) is 0 Å². The second-order valence-electron chi connectivity index (χ2n) is 3.85. The number of carbonyl (C=O) groups is 1. The van der Waals surface area contributed by atoms with E-state index in [2.05, 4.69) is 21.9 Å². The number of halogens is 1. The van der Waals surface area contributed by atoms with Crippen molar-refractivity contribution >= 4 is 27.5 Å². The molecule has 0 aromatic heterocycles. The zero-order valence-corrected chi connectivity index (χ0v) is 12.0. The minimum Gasteiger partial charge on any atom is -0.327 e. The van der Waals surface area contributed by atoms with E-state index in [1.54, 1.807) is 0 Å². The number of hydrogen-bond donors (Lipinski definition) is 0. The van der Waals surface area contributed by atoms with Crippen molar-refractivity contribution < 1.29 is 9.72 Å². The van der Waals surface area contributed by atoms with Crippen LogP contribution in [0.25, 0.3) is 0 Å². The van der Waals surface area contributed by atoms with Gasteiger partial charge in [-0.05, 0) is 28.4 Å². The Balaban J connectivity index is 3.13. The van der Waals surface area contributed by atoms with E-state index in [1.165, 1.54) is 23.1 Å². The smallest absolute Gasteiger partial charge is 0.270 e. The second-order valence-corrected chi connectivity index (χ2v) is 4.71. The summed E-state index contributed by atoms with van der Waals surface area (Å²) in [5, 5.41) is 10.7. The first-order chi connectivity index (χ1) is 9.01. The third kappa shape index (κ3) is 3.80. The van der Waals surface area contributed by atoms with E-state index in [9.17, 15) is 14.9 Å². The molecule has 100 valence electrons. The molecule has 0 bridgehead atoms. The molecule has 1 aromatic carbocycles. The van der Waals surface area contributed by atoms with E-state index in [0.29, 0.717) is 11.0 Å². The molecule has 19 heavy (non-hydrogen) atoms. The Morgan fingerprint density at radius 2 is 2.26 bits per heavy atom. The van der Waals surface area contributed by atoms with Crippen molar-refractivity contribution in [1.82, 2.24) is 4.90 Å². The number of nitro benzene ring substituents is 1. The number of carbonyl (C=O) groups excluding carboxylic acids is 1. The van der Waals surface area contributed by atoms with E-state index in [1.807, 2.05) is 6.92 Å². The lowest BCUT2D eigenvalue weighted by molar-refractivity contribution is -0.384. The molecule has 6 heteroatoms. The van der Waals surface area contributed by atoms with Gasteiger partial charge in [0.2, 0.25) is 0 Å². The molecule has 0 saturated heterocycles. The molecule has 5 nitrogen and oxygen atoms in total. The Morgan fingerprint density at radius 1 is 1.58 bits per heavy atom. The van der Waals surface area contributed by atoms with Gasteiger partial charge in [-0.1, -0.05) is 12.8 Å². The van der Waals surface area contributed by atoms with Crippen LogP contribution in [0, 0.1) is 22.5 Å². The van der Waals surface area contributed by atoms with Crippen LogP contribution in [0.15, 0.2) is 22.7 Å². The zero-order valence-electron chi connectivity index (χ0n) is 10.4. The molecule has 0 aliphatic carbocycles. The number of nitrogens with zero attached hydrogens (tertiary/aromatic N) is 2. The summed E-state index contributed by atoms with van der Waals surface area (Å²) in [5.74, 6) is 2.11. The number of hydrogen-bond acceptors (Lipinski definition) is 3. The van der Waals surface area contributed by atoms with Gasteiger partial charge in [0.25, 0.3) is 11.6 Å². The molecule has 0 heterocycles. The number of terminal acetylenes is 1. The largest absolute Gasteiger partial charge is 0.327 e. The molecule has 0 aliphatic heterocycles. The first-order valence-electron chi connectivity index (χ1n) is 5.68. The van der Waals surface area contributed by atoms with E-state index in [0.717, 1.165) is 6.42 Å². The average molecular weight is 325 g/mol. The summed E-state index contributed by atoms with van der Waals surface area (Å²) in [5.41, 5.74) is 0.126. The molecule has 0 radical (unpaired) electrons. The fraction of sp³-hybridized carbons (Fsp3) is 0.308. The Kier molecular flexibility index (Phi) is 5.52. The zero-order chi connectivity index (χ0) is 14.4. The maximum absolute atomic E-state index is 12.3. The van der Waals surface area contributed by atoms with Crippen molar-refractivity contribution in [2.45, 2.75) is 13.3 Å². The molecular weight excluding hydrogens is 312 g/mol. The minimum absolute atomic E-state index is 0.122. The summed E-state index contributed by atoms with van der Waals surface area (Å²) in [4.78, 5) is 24.0. The quantitative estimate of drug-likeness (QED) is 0.475. The number of benzene rings is 1. The maximum atomic E-state index is 12.3. The van der Waals surface area contributed by atoms with Gasteiger partial charge in [-0.2, -0.15) is 0 Å². The van der Waals surface area contributed by atoms with E-state index >= 15 is 0 Å². The highest BCUT2D eigenvalue weighted by molar-refractivity contribution is 9.10. The summed E-state index contributed by atoms with van der Waals surface area (Å²) in [6.45, 7) is 2.62. The summed E-state index contributed by atoms with van der Waals surface area (Å²) in [6, 6.07) is 4.09. The number of amides is 1. The molecule has 0 unspecified atom stereocenters. The predicted molar refractivity (Wildman–Crippen MR) is 75.8 cm³/mol. The normalized spacial score (nSPS) is 9.74. The molecule has 0 aliphatic rings. The van der Waals surface area contributed by atoms with Crippen LogP contribution in [0.4, 0.5) is 5.69 Å². The summed E-state index contributed by atoms with van der Waals surface area (Å²) >= 11 is 3.23. The summed E-state index contributed by atoms with van der Waals surface area (Å²) in [7, 11) is 0. The Labute approximate surface area is 119 Å². The van der Waals surface area contributed by atoms with E-state index in [-0.39, 0.29) is 23.7 Å². The van der Waals surface area contributed by atoms with Crippen LogP contribution in [0.5, 0.6) is 0 Å². The number of nitro groups is 1. The van der Waals surface area contributed by atoms with Crippen molar-refractivity contribution in [2.75, 3.05) is 13.1 Å². The van der Waals surface area contributed by atoms with Gasteiger partial charge >= 0.3 is 0 Å². The first kappa shape index (κ1) is 15.2. The van der Waals surface area contributed by atoms with Gasteiger partial charge in [0, 0.05) is 23.2 Å². The van der Waals surface area contributed by atoms with E-state index < -0.39 is 4.92 Å². The van der Waals surface area contributed by atoms with Crippen LogP contribution in [0.2, 0.25) is 0 Å². The van der Waals surface area contributed by atoms with Crippen molar-refractivity contribution in [3.8, 4) is 12.3 Å². The molecule has 0 fully saturated rings. The number of rotatable bonds is 5. The first-order valence-corrected chi connectivity index (χ1v) is 6.47. The Bertz CT molecular complexity index is 537. The van der Waals surface area contributed by atoms with Crippen LogP contribution in [-0.4, -0.2) is 28.8 Å². The van der Waals surface area contributed by atoms with Crippen molar-refractivity contribution in [2.24, 2.45) is 0 Å². The highest BCUT2D eigenvalue weighted by Gasteiger charge is 2.20. The molecule has 1 amide bonds. The summed E-state index contributed by atoms with van der Waals surface area (Å²) < 4.78 is 0.515. The molecule has 0 atom stereocenters. The highest BCUT2D eigenvalue weighted by Crippen LogP contribution is 2.24. The monoisotopic (exact) mass is 324 g/mol. The van der Waals surface area contributed by atoms with Gasteiger partial charge in [-0.15, -0.1) is 6.42 Å². The third-order valence-electron chi connectivity index (χ3n) is 2.45. The SMILES string of the molecule is C#CCN(CCC)C(=O)c1cc([N+](=O)[O-])ccc1Br. The van der Waals surface area contributed by atoms with Gasteiger partial charge in [-0.3, -0.25) is 14.9 Å². The topological polar surface area (TPSA) is 63.5 Å². The fourth-order valence-corrected chi connectivity index (χ4v) is 2.01. The molecule has 0 spiro atoms. The molecule has 1 aromatic rings. The minimum atomic E-state index is -0.533. The second kappa shape index (κ2) is 6.90. The van der Waals surface area contributed by atoms with Gasteiger partial charge in [-0.25, -0.2) is 0 Å². The van der Waals surface area contributed by atoms with Crippen LogP contribution in [0.3, 0.4) is 0 Å². The van der Waals surface area contributed by atoms with Crippen molar-refractivity contribution in [3.05, 3.63) is 38.3 Å². The molecule has 1 rings (SSSR count). The molecule has 0 N–H and O–H groups in total. The summed E-state index contributed by atoms with van der Waals surface area (Å²) in [6.07, 6.45) is 5.99. The van der Waals surface area contributed by atoms with Crippen LogP contribution in [0.1, 0.15) is 23.7 Å². The van der Waals surface area contributed by atoms with Crippen LogP contribution < -0.4 is 0 Å². The van der Waals surface area contributed by atoms with Crippen molar-refractivity contribution in [3.63, 3.8) is 0 Å². The lowest BCUT2D eigenvalue weighted by Crippen LogP contribution is -2.32. The highest BCUT2D eigenvalue weighted by atomic mass is 79.9.